The van der Waals surface area contributed by atoms with Gasteiger partial charge in [-0.2, -0.15) is 4.31 Å². The van der Waals surface area contributed by atoms with Gasteiger partial charge >= 0.3 is 0 Å². The Hall–Kier alpha value is -1.73. The molecule has 19 heavy (non-hydrogen) atoms. The van der Waals surface area contributed by atoms with Crippen LogP contribution in [0.3, 0.4) is 0 Å². The molecule has 0 radical (unpaired) electrons. The second kappa shape index (κ2) is 5.50. The summed E-state index contributed by atoms with van der Waals surface area (Å²) in [5.74, 6) is 0.663. The summed E-state index contributed by atoms with van der Waals surface area (Å²) < 4.78 is 25.9. The number of aromatic amines is 1. The molecule has 0 aliphatic rings. The number of pyridine rings is 1. The Bertz CT molecular complexity index is 637. The van der Waals surface area contributed by atoms with Crippen LogP contribution < -0.4 is 0 Å². The van der Waals surface area contributed by atoms with Crippen LogP contribution in [0.4, 0.5) is 0 Å². The summed E-state index contributed by atoms with van der Waals surface area (Å²) in [6, 6.07) is 3.58. The number of H-pyrrole nitrogens is 1. The average Bonchev–Trinajstić information content (AvgIpc) is 2.89. The summed E-state index contributed by atoms with van der Waals surface area (Å²) in [6.45, 7) is 2.21. The van der Waals surface area contributed by atoms with Crippen molar-refractivity contribution < 1.29 is 8.42 Å². The lowest BCUT2D eigenvalue weighted by Gasteiger charge is -2.15. The van der Waals surface area contributed by atoms with E-state index < -0.39 is 10.0 Å². The van der Waals surface area contributed by atoms with Crippen LogP contribution in [0.2, 0.25) is 0 Å². The molecule has 2 aromatic heterocycles. The molecule has 0 bridgehead atoms. The molecule has 0 aromatic carbocycles. The van der Waals surface area contributed by atoms with Gasteiger partial charge in [0, 0.05) is 32.4 Å². The summed E-state index contributed by atoms with van der Waals surface area (Å²) >= 11 is 0. The Kier molecular flexibility index (Phi) is 3.96. The van der Waals surface area contributed by atoms with Crippen molar-refractivity contribution in [2.75, 3.05) is 7.05 Å². The second-order valence-corrected chi connectivity index (χ2v) is 6.18. The minimum atomic E-state index is -3.53. The molecule has 0 saturated carbocycles. The van der Waals surface area contributed by atoms with Crippen molar-refractivity contribution in [3.63, 3.8) is 0 Å². The topological polar surface area (TPSA) is 79.0 Å². The lowest BCUT2D eigenvalue weighted by Crippen LogP contribution is -2.26. The molecular formula is C12H16N4O2S. The fourth-order valence-corrected chi connectivity index (χ4v) is 2.74. The van der Waals surface area contributed by atoms with Gasteiger partial charge in [0.2, 0.25) is 0 Å². The van der Waals surface area contributed by atoms with Crippen LogP contribution in [0.25, 0.3) is 0 Å². The fraction of sp³-hybridized carbons (Fsp3) is 0.333. The fourth-order valence-electron chi connectivity index (χ4n) is 1.65. The van der Waals surface area contributed by atoms with Crippen molar-refractivity contribution in [1.29, 1.82) is 0 Å². The van der Waals surface area contributed by atoms with Crippen LogP contribution >= 0.6 is 0 Å². The molecule has 0 aliphatic carbocycles. The SMILES string of the molecule is CCc1ncc(S(=O)(=O)N(C)Cc2ccncc2)[nH]1. The van der Waals surface area contributed by atoms with Crippen molar-refractivity contribution in [3.8, 4) is 0 Å². The lowest BCUT2D eigenvalue weighted by atomic mass is 10.3. The quantitative estimate of drug-likeness (QED) is 0.892. The van der Waals surface area contributed by atoms with Gasteiger partial charge in [-0.15, -0.1) is 0 Å². The minimum Gasteiger partial charge on any atom is -0.332 e. The van der Waals surface area contributed by atoms with Crippen LogP contribution in [0.15, 0.2) is 35.7 Å². The van der Waals surface area contributed by atoms with Gasteiger partial charge in [-0.05, 0) is 17.7 Å². The summed E-state index contributed by atoms with van der Waals surface area (Å²) in [5.41, 5.74) is 0.885. The molecule has 0 amide bonds. The Morgan fingerprint density at radius 3 is 2.58 bits per heavy atom. The van der Waals surface area contributed by atoms with E-state index in [-0.39, 0.29) is 5.03 Å². The third-order valence-corrected chi connectivity index (χ3v) is 4.50. The van der Waals surface area contributed by atoms with E-state index in [1.165, 1.54) is 10.5 Å². The maximum Gasteiger partial charge on any atom is 0.260 e. The van der Waals surface area contributed by atoms with Gasteiger partial charge in [0.15, 0.2) is 5.03 Å². The molecule has 2 heterocycles. The zero-order chi connectivity index (χ0) is 13.9. The first kappa shape index (κ1) is 13.7. The highest BCUT2D eigenvalue weighted by molar-refractivity contribution is 7.89. The van der Waals surface area contributed by atoms with Crippen molar-refractivity contribution in [2.24, 2.45) is 0 Å². The maximum absolute atomic E-state index is 12.3. The molecule has 7 heteroatoms. The number of sulfonamides is 1. The molecule has 0 fully saturated rings. The van der Waals surface area contributed by atoms with Gasteiger partial charge in [0.05, 0.1) is 6.20 Å². The van der Waals surface area contributed by atoms with E-state index in [2.05, 4.69) is 15.0 Å². The molecule has 2 rings (SSSR count). The molecule has 0 unspecified atom stereocenters. The molecule has 0 spiro atoms. The van der Waals surface area contributed by atoms with Gasteiger partial charge < -0.3 is 4.98 Å². The summed E-state index contributed by atoms with van der Waals surface area (Å²) in [5, 5.41) is 0.126. The van der Waals surface area contributed by atoms with E-state index >= 15 is 0 Å². The van der Waals surface area contributed by atoms with E-state index in [4.69, 9.17) is 0 Å². The summed E-state index contributed by atoms with van der Waals surface area (Å²) in [6.07, 6.45) is 5.31. The third-order valence-electron chi connectivity index (χ3n) is 2.78. The molecule has 0 aliphatic heterocycles. The molecule has 2 aromatic rings. The van der Waals surface area contributed by atoms with E-state index in [0.717, 1.165) is 5.56 Å². The van der Waals surface area contributed by atoms with Gasteiger partial charge in [0.1, 0.15) is 5.82 Å². The van der Waals surface area contributed by atoms with Crippen molar-refractivity contribution in [3.05, 3.63) is 42.1 Å². The minimum absolute atomic E-state index is 0.126. The van der Waals surface area contributed by atoms with Crippen LogP contribution in [0, 0.1) is 0 Å². The molecule has 0 atom stereocenters. The third kappa shape index (κ3) is 2.99. The number of nitrogens with one attached hydrogen (secondary N) is 1. The first-order valence-electron chi connectivity index (χ1n) is 5.93. The van der Waals surface area contributed by atoms with Crippen LogP contribution in [0.5, 0.6) is 0 Å². The summed E-state index contributed by atoms with van der Waals surface area (Å²) in [4.78, 5) is 10.7. The van der Waals surface area contributed by atoms with Gasteiger partial charge in [-0.1, -0.05) is 6.92 Å². The van der Waals surface area contributed by atoms with E-state index in [1.54, 1.807) is 31.6 Å². The Morgan fingerprint density at radius 2 is 2.00 bits per heavy atom. The summed E-state index contributed by atoms with van der Waals surface area (Å²) in [7, 11) is -1.99. The van der Waals surface area contributed by atoms with Crippen molar-refractivity contribution in [1.82, 2.24) is 19.3 Å². The van der Waals surface area contributed by atoms with E-state index in [9.17, 15) is 8.42 Å². The molecule has 0 saturated heterocycles. The normalized spacial score (nSPS) is 11.9. The Labute approximate surface area is 112 Å². The number of aromatic nitrogens is 3. The first-order valence-corrected chi connectivity index (χ1v) is 7.37. The molecular weight excluding hydrogens is 264 g/mol. The number of imidazole rings is 1. The molecule has 6 nitrogen and oxygen atoms in total. The predicted octanol–water partition coefficient (Wildman–Crippen LogP) is 1.19. The highest BCUT2D eigenvalue weighted by atomic mass is 32.2. The second-order valence-electron chi connectivity index (χ2n) is 4.16. The monoisotopic (exact) mass is 280 g/mol. The maximum atomic E-state index is 12.3. The molecule has 102 valence electrons. The Morgan fingerprint density at radius 1 is 1.32 bits per heavy atom. The lowest BCUT2D eigenvalue weighted by molar-refractivity contribution is 0.464. The number of hydrogen-bond acceptors (Lipinski definition) is 4. The highest BCUT2D eigenvalue weighted by Gasteiger charge is 2.23. The zero-order valence-corrected chi connectivity index (χ0v) is 11.7. The van der Waals surface area contributed by atoms with Gasteiger partial charge in [0.25, 0.3) is 10.0 Å². The average molecular weight is 280 g/mol. The van der Waals surface area contributed by atoms with Gasteiger partial charge in [-0.3, -0.25) is 4.98 Å². The number of aryl methyl sites for hydroxylation is 1. The number of nitrogens with zero attached hydrogens (tertiary/aromatic N) is 3. The zero-order valence-electron chi connectivity index (χ0n) is 10.9. The van der Waals surface area contributed by atoms with Crippen molar-refractivity contribution >= 4 is 10.0 Å². The highest BCUT2D eigenvalue weighted by Crippen LogP contribution is 2.14. The predicted molar refractivity (Wildman–Crippen MR) is 70.9 cm³/mol. The standard InChI is InChI=1S/C12H16N4O2S/c1-3-11-14-8-12(15-11)19(17,18)16(2)9-10-4-6-13-7-5-10/h4-8H,3,9H2,1-2H3,(H,14,15). The number of hydrogen-bond donors (Lipinski definition) is 1. The van der Waals surface area contributed by atoms with E-state index in [0.29, 0.717) is 18.8 Å². The van der Waals surface area contributed by atoms with Crippen molar-refractivity contribution in [2.45, 2.75) is 24.9 Å². The number of rotatable bonds is 5. The van der Waals surface area contributed by atoms with Crippen LogP contribution in [0.1, 0.15) is 18.3 Å². The smallest absolute Gasteiger partial charge is 0.260 e. The largest absolute Gasteiger partial charge is 0.332 e. The first-order chi connectivity index (χ1) is 9.04. The van der Waals surface area contributed by atoms with Crippen LogP contribution in [-0.4, -0.2) is 34.7 Å². The van der Waals surface area contributed by atoms with E-state index in [1.807, 2.05) is 6.92 Å². The van der Waals surface area contributed by atoms with Gasteiger partial charge in [-0.25, -0.2) is 13.4 Å². The Balaban J connectivity index is 2.19. The molecule has 1 N–H and O–H groups in total. The van der Waals surface area contributed by atoms with Crippen LogP contribution in [-0.2, 0) is 23.0 Å².